The maximum Gasteiger partial charge on any atom is 0.443 e. The van der Waals surface area contributed by atoms with Crippen LogP contribution in [0.15, 0.2) is 12.4 Å². The van der Waals surface area contributed by atoms with Gasteiger partial charge in [-0.1, -0.05) is 11.4 Å². The van der Waals surface area contributed by atoms with Crippen molar-refractivity contribution in [1.82, 2.24) is 19.9 Å². The first kappa shape index (κ1) is 14.4. The van der Waals surface area contributed by atoms with Crippen LogP contribution >= 0.6 is 22.9 Å². The van der Waals surface area contributed by atoms with Crippen LogP contribution in [-0.2, 0) is 6.18 Å². The Bertz CT molecular complexity index is 509. The molecule has 104 valence electrons. The van der Waals surface area contributed by atoms with Gasteiger partial charge in [0, 0.05) is 11.1 Å². The second-order valence-electron chi connectivity index (χ2n) is 3.77. The molecule has 0 aliphatic heterocycles. The Morgan fingerprint density at radius 1 is 1.32 bits per heavy atom. The maximum atomic E-state index is 12.6. The van der Waals surface area contributed by atoms with Crippen molar-refractivity contribution >= 4 is 22.9 Å². The third kappa shape index (κ3) is 3.48. The van der Waals surface area contributed by atoms with Gasteiger partial charge in [0.25, 0.3) is 0 Å². The molecule has 19 heavy (non-hydrogen) atoms. The Balaban J connectivity index is 2.26. The zero-order valence-electron chi connectivity index (χ0n) is 9.94. The summed E-state index contributed by atoms with van der Waals surface area (Å²) in [6.45, 7) is 2.69. The number of nitrogens with zero attached hydrogens (tertiary/aromatic N) is 3. The van der Waals surface area contributed by atoms with E-state index < -0.39 is 11.2 Å². The molecule has 2 aromatic rings. The van der Waals surface area contributed by atoms with E-state index in [9.17, 15) is 13.2 Å². The number of halogens is 3. The van der Waals surface area contributed by atoms with Crippen molar-refractivity contribution < 1.29 is 13.2 Å². The Labute approximate surface area is 115 Å². The van der Waals surface area contributed by atoms with Crippen molar-refractivity contribution in [3.63, 3.8) is 0 Å². The molecular formula is C10H11F3N4S2. The second-order valence-corrected chi connectivity index (χ2v) is 5.65. The normalized spacial score (nSPS) is 13.7. The monoisotopic (exact) mass is 308 g/mol. The molecular weight excluding hydrogens is 297 g/mol. The van der Waals surface area contributed by atoms with E-state index in [4.69, 9.17) is 0 Å². The summed E-state index contributed by atoms with van der Waals surface area (Å²) in [6.07, 6.45) is -0.691. The van der Waals surface area contributed by atoms with Crippen LogP contribution in [0.5, 0.6) is 0 Å². The number of aromatic nitrogens is 3. The lowest BCUT2D eigenvalue weighted by molar-refractivity contribution is -0.137. The van der Waals surface area contributed by atoms with Crippen molar-refractivity contribution in [3.8, 4) is 0 Å². The molecule has 0 radical (unpaired) electrons. The van der Waals surface area contributed by atoms with Gasteiger partial charge in [0.15, 0.2) is 5.01 Å². The topological polar surface area (TPSA) is 50.7 Å². The summed E-state index contributed by atoms with van der Waals surface area (Å²) < 4.78 is 41.4. The van der Waals surface area contributed by atoms with E-state index in [2.05, 4.69) is 19.9 Å². The summed E-state index contributed by atoms with van der Waals surface area (Å²) in [5.41, 5.74) is 0. The van der Waals surface area contributed by atoms with Crippen molar-refractivity contribution in [1.29, 1.82) is 0 Å². The smallest absolute Gasteiger partial charge is 0.305 e. The molecule has 1 unspecified atom stereocenters. The van der Waals surface area contributed by atoms with Crippen molar-refractivity contribution in [2.24, 2.45) is 0 Å². The lowest BCUT2D eigenvalue weighted by Gasteiger charge is -2.13. The summed E-state index contributed by atoms with van der Waals surface area (Å²) >= 11 is 1.82. The largest absolute Gasteiger partial charge is 0.443 e. The molecule has 0 bridgehead atoms. The summed E-state index contributed by atoms with van der Waals surface area (Å²) in [7, 11) is 0. The fourth-order valence-electron chi connectivity index (χ4n) is 1.48. The molecule has 9 heteroatoms. The van der Waals surface area contributed by atoms with Crippen LogP contribution in [0.25, 0.3) is 0 Å². The SMILES string of the molecule is CCCNC(c1cnns1)c1cnc(C(F)(F)F)s1. The van der Waals surface area contributed by atoms with E-state index in [0.717, 1.165) is 11.3 Å². The predicted molar refractivity (Wildman–Crippen MR) is 67.2 cm³/mol. The van der Waals surface area contributed by atoms with Crippen molar-refractivity contribution in [3.05, 3.63) is 27.2 Å². The van der Waals surface area contributed by atoms with E-state index in [0.29, 0.717) is 22.8 Å². The fourth-order valence-corrected chi connectivity index (χ4v) is 3.03. The molecule has 1 N–H and O–H groups in total. The summed E-state index contributed by atoms with van der Waals surface area (Å²) in [5.74, 6) is 0. The van der Waals surface area contributed by atoms with Crippen LogP contribution in [-0.4, -0.2) is 21.1 Å². The van der Waals surface area contributed by atoms with Crippen LogP contribution in [0, 0.1) is 0 Å². The highest BCUT2D eigenvalue weighted by molar-refractivity contribution is 7.12. The van der Waals surface area contributed by atoms with Crippen LogP contribution in [0.4, 0.5) is 13.2 Å². The van der Waals surface area contributed by atoms with E-state index in [-0.39, 0.29) is 6.04 Å². The van der Waals surface area contributed by atoms with Crippen LogP contribution < -0.4 is 5.32 Å². The van der Waals surface area contributed by atoms with Crippen molar-refractivity contribution in [2.45, 2.75) is 25.6 Å². The zero-order chi connectivity index (χ0) is 13.9. The molecule has 0 saturated heterocycles. The van der Waals surface area contributed by atoms with Gasteiger partial charge in [-0.05, 0) is 24.5 Å². The number of alkyl halides is 3. The third-order valence-corrected chi connectivity index (χ3v) is 4.15. The van der Waals surface area contributed by atoms with Crippen molar-refractivity contribution in [2.75, 3.05) is 6.54 Å². The first-order valence-electron chi connectivity index (χ1n) is 5.56. The van der Waals surface area contributed by atoms with Gasteiger partial charge in [0.05, 0.1) is 17.1 Å². The zero-order valence-corrected chi connectivity index (χ0v) is 11.6. The number of hydrogen-bond acceptors (Lipinski definition) is 6. The molecule has 4 nitrogen and oxygen atoms in total. The summed E-state index contributed by atoms with van der Waals surface area (Å²) in [5, 5.41) is 6.08. The number of nitrogens with one attached hydrogen (secondary N) is 1. The molecule has 1 atom stereocenters. The standard InChI is InChI=1S/C10H11F3N4S2/c1-2-3-14-8(7-5-16-17-19-7)6-4-15-9(18-6)10(11,12)13/h4-5,8,14H,2-3H2,1H3. The molecule has 0 spiro atoms. The molecule has 0 aromatic carbocycles. The lowest BCUT2D eigenvalue weighted by Crippen LogP contribution is -2.21. The third-order valence-electron chi connectivity index (χ3n) is 2.31. The van der Waals surface area contributed by atoms with Gasteiger partial charge in [-0.15, -0.1) is 16.4 Å². The van der Waals surface area contributed by atoms with Gasteiger partial charge in [-0.3, -0.25) is 0 Å². The van der Waals surface area contributed by atoms with Gasteiger partial charge >= 0.3 is 6.18 Å². The quantitative estimate of drug-likeness (QED) is 0.922. The highest BCUT2D eigenvalue weighted by atomic mass is 32.1. The van der Waals surface area contributed by atoms with Crippen LogP contribution in [0.1, 0.15) is 34.1 Å². The number of thiazole rings is 1. The molecule has 2 rings (SSSR count). The molecule has 0 aliphatic carbocycles. The minimum Gasteiger partial charge on any atom is -0.305 e. The maximum absolute atomic E-state index is 12.6. The van der Waals surface area contributed by atoms with E-state index >= 15 is 0 Å². The number of hydrogen-bond donors (Lipinski definition) is 1. The molecule has 0 amide bonds. The first-order valence-corrected chi connectivity index (χ1v) is 7.15. The van der Waals surface area contributed by atoms with Crippen LogP contribution in [0.2, 0.25) is 0 Å². The minimum absolute atomic E-state index is 0.325. The summed E-state index contributed by atoms with van der Waals surface area (Å²) in [6, 6.07) is -0.325. The number of rotatable bonds is 5. The molecule has 2 aromatic heterocycles. The fraction of sp³-hybridized carbons (Fsp3) is 0.500. The Kier molecular flexibility index (Phi) is 4.48. The first-order chi connectivity index (χ1) is 9.02. The molecule has 0 fully saturated rings. The van der Waals surface area contributed by atoms with Gasteiger partial charge in [0.2, 0.25) is 0 Å². The van der Waals surface area contributed by atoms with E-state index in [1.807, 2.05) is 6.92 Å². The van der Waals surface area contributed by atoms with E-state index in [1.165, 1.54) is 17.7 Å². The minimum atomic E-state index is -4.40. The molecule has 0 saturated carbocycles. The highest BCUT2D eigenvalue weighted by Gasteiger charge is 2.35. The van der Waals surface area contributed by atoms with Gasteiger partial charge in [-0.2, -0.15) is 13.2 Å². The summed E-state index contributed by atoms with van der Waals surface area (Å²) in [4.78, 5) is 4.75. The Hall–Kier alpha value is -1.06. The molecule has 2 heterocycles. The average molecular weight is 308 g/mol. The van der Waals surface area contributed by atoms with E-state index in [1.54, 1.807) is 6.20 Å². The average Bonchev–Trinajstić information content (AvgIpc) is 2.99. The van der Waals surface area contributed by atoms with Crippen LogP contribution in [0.3, 0.4) is 0 Å². The predicted octanol–water partition coefficient (Wildman–Crippen LogP) is 3.10. The second kappa shape index (κ2) is 5.93. The Morgan fingerprint density at radius 2 is 2.11 bits per heavy atom. The van der Waals surface area contributed by atoms with Gasteiger partial charge in [0.1, 0.15) is 0 Å². The highest BCUT2D eigenvalue weighted by Crippen LogP contribution is 2.36. The van der Waals surface area contributed by atoms with Gasteiger partial charge < -0.3 is 5.32 Å². The van der Waals surface area contributed by atoms with Gasteiger partial charge in [-0.25, -0.2) is 4.98 Å². The molecule has 0 aliphatic rings. The lowest BCUT2D eigenvalue weighted by atomic mass is 10.2. The Morgan fingerprint density at radius 3 is 2.63 bits per heavy atom.